The number of carbonyl (C=O) groups is 1. The van der Waals surface area contributed by atoms with Gasteiger partial charge in [-0.1, -0.05) is 6.92 Å². The summed E-state index contributed by atoms with van der Waals surface area (Å²) < 4.78 is 46.0. The number of carbonyl (C=O) groups excluding carboxylic acids is 1. The van der Waals surface area contributed by atoms with Gasteiger partial charge in [-0.15, -0.1) is 11.3 Å². The molecule has 0 aliphatic rings. The minimum atomic E-state index is -4.55. The fourth-order valence-electron chi connectivity index (χ4n) is 3.01. The van der Waals surface area contributed by atoms with Crippen LogP contribution in [0.15, 0.2) is 29.3 Å². The average molecular weight is 453 g/mol. The van der Waals surface area contributed by atoms with Crippen LogP contribution in [0.25, 0.3) is 10.2 Å². The van der Waals surface area contributed by atoms with Crippen LogP contribution in [0.5, 0.6) is 5.75 Å². The summed E-state index contributed by atoms with van der Waals surface area (Å²) in [7, 11) is 0. The van der Waals surface area contributed by atoms with E-state index in [9.17, 15) is 22.8 Å². The molecule has 0 unspecified atom stereocenters. The highest BCUT2D eigenvalue weighted by Crippen LogP contribution is 2.35. The molecule has 0 spiro atoms. The lowest BCUT2D eigenvalue weighted by Gasteiger charge is -2.15. The van der Waals surface area contributed by atoms with Crippen molar-refractivity contribution >= 4 is 33.1 Å². The standard InChI is InChI=1S/C21H22F3N3O3S/c1-4-9-30-16-6-5-14(21(22,23)24)10-15(16)26-17(28)7-8-27-11-25-19-18(20(27)29)12(2)13(3)31-19/h5-6,10-11H,4,7-9H2,1-3H3,(H,26,28). The Morgan fingerprint density at radius 3 is 2.71 bits per heavy atom. The molecular weight excluding hydrogens is 431 g/mol. The number of anilines is 1. The third-order valence-electron chi connectivity index (χ3n) is 4.78. The summed E-state index contributed by atoms with van der Waals surface area (Å²) >= 11 is 1.43. The molecule has 0 aliphatic heterocycles. The van der Waals surface area contributed by atoms with Crippen LogP contribution in [0.3, 0.4) is 0 Å². The normalized spacial score (nSPS) is 11.7. The molecule has 10 heteroatoms. The lowest BCUT2D eigenvalue weighted by Crippen LogP contribution is -2.24. The number of amides is 1. The van der Waals surface area contributed by atoms with Gasteiger partial charge in [-0.2, -0.15) is 13.2 Å². The molecule has 0 saturated heterocycles. The van der Waals surface area contributed by atoms with Gasteiger partial charge in [0.25, 0.3) is 5.56 Å². The first-order valence-electron chi connectivity index (χ1n) is 9.70. The number of benzene rings is 1. The third kappa shape index (κ3) is 5.07. The number of aromatic nitrogens is 2. The Bertz CT molecular complexity index is 1170. The number of nitrogens with one attached hydrogen (secondary N) is 1. The van der Waals surface area contributed by atoms with E-state index in [1.807, 2.05) is 20.8 Å². The van der Waals surface area contributed by atoms with Gasteiger partial charge in [0.05, 0.1) is 29.6 Å². The summed E-state index contributed by atoms with van der Waals surface area (Å²) in [5.74, 6) is -0.376. The maximum Gasteiger partial charge on any atom is 0.416 e. The summed E-state index contributed by atoms with van der Waals surface area (Å²) in [6, 6.07) is 2.95. The van der Waals surface area contributed by atoms with Gasteiger partial charge in [-0.25, -0.2) is 4.98 Å². The van der Waals surface area contributed by atoms with Crippen molar-refractivity contribution in [2.45, 2.75) is 46.3 Å². The van der Waals surface area contributed by atoms with Crippen LogP contribution < -0.4 is 15.6 Å². The molecule has 0 bridgehead atoms. The first-order chi connectivity index (χ1) is 14.6. The predicted octanol–water partition coefficient (Wildman–Crippen LogP) is 4.91. The molecule has 3 aromatic rings. The van der Waals surface area contributed by atoms with E-state index in [1.165, 1.54) is 28.3 Å². The Balaban J connectivity index is 1.77. The average Bonchev–Trinajstić information content (AvgIpc) is 3.00. The zero-order chi connectivity index (χ0) is 22.8. The lowest BCUT2D eigenvalue weighted by molar-refractivity contribution is -0.137. The molecular formula is C21H22F3N3O3S. The summed E-state index contributed by atoms with van der Waals surface area (Å²) in [5.41, 5.74) is -0.331. The van der Waals surface area contributed by atoms with Crippen LogP contribution in [0.4, 0.5) is 18.9 Å². The zero-order valence-corrected chi connectivity index (χ0v) is 18.1. The Labute approximate surface area is 180 Å². The van der Waals surface area contributed by atoms with Crippen molar-refractivity contribution in [3.05, 3.63) is 50.9 Å². The van der Waals surface area contributed by atoms with Crippen LogP contribution >= 0.6 is 11.3 Å². The second-order valence-corrected chi connectivity index (χ2v) is 8.27. The van der Waals surface area contributed by atoms with Gasteiger partial charge in [0.2, 0.25) is 5.91 Å². The lowest BCUT2D eigenvalue weighted by atomic mass is 10.1. The second kappa shape index (κ2) is 9.09. The maximum absolute atomic E-state index is 13.1. The van der Waals surface area contributed by atoms with Crippen molar-refractivity contribution in [3.8, 4) is 5.75 Å². The van der Waals surface area contributed by atoms with Crippen LogP contribution in [0.1, 0.15) is 35.8 Å². The number of rotatable bonds is 7. The molecule has 0 atom stereocenters. The topological polar surface area (TPSA) is 73.2 Å². The summed E-state index contributed by atoms with van der Waals surface area (Å²) in [6.45, 7) is 5.97. The van der Waals surface area contributed by atoms with Crippen LogP contribution in [0, 0.1) is 13.8 Å². The molecule has 2 heterocycles. The van der Waals surface area contributed by atoms with E-state index in [0.29, 0.717) is 23.2 Å². The molecule has 1 aromatic carbocycles. The maximum atomic E-state index is 13.1. The molecule has 0 fully saturated rings. The van der Waals surface area contributed by atoms with Crippen molar-refractivity contribution in [1.82, 2.24) is 9.55 Å². The molecule has 3 rings (SSSR count). The molecule has 0 radical (unpaired) electrons. The van der Waals surface area contributed by atoms with Crippen LogP contribution in [0.2, 0.25) is 0 Å². The van der Waals surface area contributed by atoms with Gasteiger partial charge in [-0.3, -0.25) is 14.2 Å². The fraction of sp³-hybridized carbons (Fsp3) is 0.381. The molecule has 31 heavy (non-hydrogen) atoms. The fourth-order valence-corrected chi connectivity index (χ4v) is 3.99. The number of ether oxygens (including phenoxy) is 1. The number of aryl methyl sites for hydroxylation is 3. The number of hydrogen-bond acceptors (Lipinski definition) is 5. The Morgan fingerprint density at radius 2 is 2.03 bits per heavy atom. The number of halogens is 3. The quantitative estimate of drug-likeness (QED) is 0.552. The van der Waals surface area contributed by atoms with Crippen molar-refractivity contribution < 1.29 is 22.7 Å². The SMILES string of the molecule is CCCOc1ccc(C(F)(F)F)cc1NC(=O)CCn1cnc2sc(C)c(C)c2c1=O. The van der Waals surface area contributed by atoms with Gasteiger partial charge in [-0.05, 0) is 44.0 Å². The van der Waals surface area contributed by atoms with Crippen molar-refractivity contribution in [2.75, 3.05) is 11.9 Å². The highest BCUT2D eigenvalue weighted by molar-refractivity contribution is 7.18. The summed E-state index contributed by atoms with van der Waals surface area (Å²) in [5, 5.41) is 3.00. The Morgan fingerprint density at radius 1 is 1.29 bits per heavy atom. The Kier molecular flexibility index (Phi) is 6.68. The highest BCUT2D eigenvalue weighted by atomic mass is 32.1. The van der Waals surface area contributed by atoms with E-state index in [4.69, 9.17) is 4.74 Å². The van der Waals surface area contributed by atoms with E-state index in [1.54, 1.807) is 0 Å². The minimum Gasteiger partial charge on any atom is -0.491 e. The smallest absolute Gasteiger partial charge is 0.416 e. The van der Waals surface area contributed by atoms with Gasteiger partial charge in [0.15, 0.2) is 0 Å². The molecule has 0 saturated carbocycles. The van der Waals surface area contributed by atoms with Gasteiger partial charge in [0, 0.05) is 17.8 Å². The van der Waals surface area contributed by atoms with Crippen LogP contribution in [-0.4, -0.2) is 22.1 Å². The molecule has 6 nitrogen and oxygen atoms in total. The largest absolute Gasteiger partial charge is 0.491 e. The van der Waals surface area contributed by atoms with E-state index in [2.05, 4.69) is 10.3 Å². The minimum absolute atomic E-state index is 0.0477. The number of thiophene rings is 1. The second-order valence-electron chi connectivity index (χ2n) is 7.06. The van der Waals surface area contributed by atoms with Crippen molar-refractivity contribution in [2.24, 2.45) is 0 Å². The van der Waals surface area contributed by atoms with E-state index < -0.39 is 17.6 Å². The molecule has 0 aliphatic carbocycles. The third-order valence-corrected chi connectivity index (χ3v) is 5.89. The van der Waals surface area contributed by atoms with Gasteiger partial charge < -0.3 is 10.1 Å². The van der Waals surface area contributed by atoms with Crippen LogP contribution in [-0.2, 0) is 17.5 Å². The number of hydrogen-bond donors (Lipinski definition) is 1. The van der Waals surface area contributed by atoms with Gasteiger partial charge in [0.1, 0.15) is 10.6 Å². The number of alkyl halides is 3. The molecule has 166 valence electrons. The summed E-state index contributed by atoms with van der Waals surface area (Å²) in [4.78, 5) is 31.1. The highest BCUT2D eigenvalue weighted by Gasteiger charge is 2.31. The number of fused-ring (bicyclic) bond motifs is 1. The molecule has 2 aromatic heterocycles. The summed E-state index contributed by atoms with van der Waals surface area (Å²) in [6.07, 6.45) is -2.62. The van der Waals surface area contributed by atoms with Gasteiger partial charge >= 0.3 is 6.18 Å². The zero-order valence-electron chi connectivity index (χ0n) is 17.3. The van der Waals surface area contributed by atoms with Crippen molar-refractivity contribution in [3.63, 3.8) is 0 Å². The molecule has 1 N–H and O–H groups in total. The van der Waals surface area contributed by atoms with E-state index in [0.717, 1.165) is 22.6 Å². The Hall–Kier alpha value is -2.88. The molecule has 1 amide bonds. The van der Waals surface area contributed by atoms with E-state index in [-0.39, 0.29) is 30.0 Å². The first-order valence-corrected chi connectivity index (χ1v) is 10.5. The first kappa shape index (κ1) is 22.8. The predicted molar refractivity (Wildman–Crippen MR) is 114 cm³/mol. The number of nitrogens with zero attached hydrogens (tertiary/aromatic N) is 2. The van der Waals surface area contributed by atoms with E-state index >= 15 is 0 Å². The van der Waals surface area contributed by atoms with Crippen molar-refractivity contribution in [1.29, 1.82) is 0 Å². The monoisotopic (exact) mass is 453 g/mol.